The summed E-state index contributed by atoms with van der Waals surface area (Å²) in [4.78, 5) is 3.90. The molecule has 0 N–H and O–H groups in total. The van der Waals surface area contributed by atoms with Crippen molar-refractivity contribution >= 4 is 26.0 Å². The molecule has 1 aromatic carbocycles. The zero-order valence-electron chi connectivity index (χ0n) is 4.74. The van der Waals surface area contributed by atoms with Gasteiger partial charge in [-0.15, -0.1) is 0 Å². The Bertz CT molecular complexity index is 224. The summed E-state index contributed by atoms with van der Waals surface area (Å²) in [6.07, 6.45) is 0. The zero-order chi connectivity index (χ0) is 6.53. The number of hydrogen-bond donors (Lipinski definition) is 0. The first-order valence-electron chi connectivity index (χ1n) is 2.56. The van der Waals surface area contributed by atoms with Gasteiger partial charge in [0.05, 0.1) is 0 Å². The van der Waals surface area contributed by atoms with Crippen LogP contribution in [0.25, 0.3) is 0 Å². The van der Waals surface area contributed by atoms with Gasteiger partial charge in [-0.05, 0) is 0 Å². The molecule has 0 aromatic heterocycles. The molecule has 1 aromatic rings. The van der Waals surface area contributed by atoms with E-state index in [9.17, 15) is 0 Å². The van der Waals surface area contributed by atoms with Crippen molar-refractivity contribution in [3.05, 3.63) is 30.3 Å². The van der Waals surface area contributed by atoms with Gasteiger partial charge in [0.15, 0.2) is 0 Å². The van der Waals surface area contributed by atoms with Crippen molar-refractivity contribution in [2.24, 2.45) is 4.99 Å². The number of para-hydroxylation sites is 1. The molecule has 0 saturated carbocycles. The standard InChI is InChI=1S/C7H5NSe/c9-6-8-7-4-2-1-3-5-7/h1-5H. The number of benzene rings is 1. The van der Waals surface area contributed by atoms with E-state index >= 15 is 0 Å². The van der Waals surface area contributed by atoms with Gasteiger partial charge >= 0.3 is 61.3 Å². The summed E-state index contributed by atoms with van der Waals surface area (Å²) < 4.78 is 2.58. The van der Waals surface area contributed by atoms with E-state index in [0.717, 1.165) is 5.69 Å². The normalized spacial score (nSPS) is 8.00. The van der Waals surface area contributed by atoms with Gasteiger partial charge in [-0.2, -0.15) is 0 Å². The Morgan fingerprint density at radius 3 is 2.44 bits per heavy atom. The summed E-state index contributed by atoms with van der Waals surface area (Å²) in [7, 11) is 0. The Labute approximate surface area is 61.8 Å². The predicted molar refractivity (Wildman–Crippen MR) is 39.3 cm³/mol. The third-order valence-corrected chi connectivity index (χ3v) is 1.12. The molecule has 0 fully saturated rings. The molecule has 0 saturated heterocycles. The second-order valence-electron chi connectivity index (χ2n) is 1.54. The van der Waals surface area contributed by atoms with Crippen molar-refractivity contribution in [2.45, 2.75) is 0 Å². The van der Waals surface area contributed by atoms with E-state index in [-0.39, 0.29) is 0 Å². The fourth-order valence-electron chi connectivity index (χ4n) is 0.555. The minimum atomic E-state index is 0.927. The van der Waals surface area contributed by atoms with Gasteiger partial charge in [0, 0.05) is 0 Å². The summed E-state index contributed by atoms with van der Waals surface area (Å²) >= 11 is 2.57. The third kappa shape index (κ3) is 1.94. The van der Waals surface area contributed by atoms with Crippen LogP contribution in [0.1, 0.15) is 0 Å². The molecule has 0 spiro atoms. The maximum absolute atomic E-state index is 3.90. The quantitative estimate of drug-likeness (QED) is 0.459. The van der Waals surface area contributed by atoms with Crippen molar-refractivity contribution in [1.29, 1.82) is 0 Å². The molecule has 0 amide bonds. The van der Waals surface area contributed by atoms with Gasteiger partial charge in [-0.25, -0.2) is 0 Å². The van der Waals surface area contributed by atoms with E-state index in [0.29, 0.717) is 0 Å². The summed E-state index contributed by atoms with van der Waals surface area (Å²) in [6, 6.07) is 9.68. The van der Waals surface area contributed by atoms with Crippen molar-refractivity contribution in [1.82, 2.24) is 0 Å². The van der Waals surface area contributed by atoms with Crippen molar-refractivity contribution in [3.8, 4) is 0 Å². The average molecular weight is 182 g/mol. The first-order valence-corrected chi connectivity index (χ1v) is 3.42. The summed E-state index contributed by atoms with van der Waals surface area (Å²) in [5, 5.41) is 0. The van der Waals surface area contributed by atoms with E-state index in [4.69, 9.17) is 0 Å². The molecule has 1 rings (SSSR count). The van der Waals surface area contributed by atoms with Crippen LogP contribution in [0.5, 0.6) is 0 Å². The predicted octanol–water partition coefficient (Wildman–Crippen LogP) is 1.39. The van der Waals surface area contributed by atoms with Crippen LogP contribution in [0.3, 0.4) is 0 Å². The van der Waals surface area contributed by atoms with Gasteiger partial charge < -0.3 is 0 Å². The maximum atomic E-state index is 3.90. The van der Waals surface area contributed by atoms with Gasteiger partial charge in [-0.3, -0.25) is 0 Å². The Balaban J connectivity index is 2.97. The summed E-state index contributed by atoms with van der Waals surface area (Å²) in [5.41, 5.74) is 0.927. The molecule has 0 radical (unpaired) electrons. The van der Waals surface area contributed by atoms with Gasteiger partial charge in [0.1, 0.15) is 0 Å². The Morgan fingerprint density at radius 2 is 1.89 bits per heavy atom. The van der Waals surface area contributed by atoms with E-state index < -0.39 is 0 Å². The summed E-state index contributed by atoms with van der Waals surface area (Å²) in [6.45, 7) is 0. The molecular weight excluding hydrogens is 177 g/mol. The van der Waals surface area contributed by atoms with Crippen LogP contribution in [0, 0.1) is 0 Å². The number of hydrogen-bond acceptors (Lipinski definition) is 1. The first kappa shape index (κ1) is 6.44. The molecule has 44 valence electrons. The SMILES string of the molecule is [Se]=C=Nc1ccccc1. The fraction of sp³-hybridized carbons (Fsp3) is 0. The van der Waals surface area contributed by atoms with Crippen LogP contribution in [-0.4, -0.2) is 20.3 Å². The molecule has 0 aliphatic rings. The summed E-state index contributed by atoms with van der Waals surface area (Å²) in [5.74, 6) is 0. The van der Waals surface area contributed by atoms with E-state index in [1.807, 2.05) is 30.3 Å². The number of rotatable bonds is 1. The second kappa shape index (κ2) is 3.37. The molecule has 0 bridgehead atoms. The van der Waals surface area contributed by atoms with Crippen LogP contribution >= 0.6 is 0 Å². The molecule has 0 unspecified atom stereocenters. The monoisotopic (exact) mass is 183 g/mol. The van der Waals surface area contributed by atoms with Crippen molar-refractivity contribution in [2.75, 3.05) is 0 Å². The molecular formula is C7H5NSe. The Morgan fingerprint density at radius 1 is 1.22 bits per heavy atom. The van der Waals surface area contributed by atoms with E-state index in [2.05, 4.69) is 25.3 Å². The van der Waals surface area contributed by atoms with Gasteiger partial charge in [-0.1, -0.05) is 0 Å². The van der Waals surface area contributed by atoms with Gasteiger partial charge in [0.25, 0.3) is 0 Å². The van der Waals surface area contributed by atoms with Crippen LogP contribution in [0.15, 0.2) is 35.3 Å². The molecule has 0 aliphatic carbocycles. The Kier molecular flexibility index (Phi) is 2.41. The molecule has 2 heteroatoms. The average Bonchev–Trinajstić information content (AvgIpc) is 1.91. The zero-order valence-corrected chi connectivity index (χ0v) is 6.46. The number of aliphatic imine (C=N–C) groups is 1. The minimum absolute atomic E-state index is 0.927. The topological polar surface area (TPSA) is 12.4 Å². The third-order valence-electron chi connectivity index (χ3n) is 0.931. The molecule has 0 atom stereocenters. The second-order valence-corrected chi connectivity index (χ2v) is 1.92. The van der Waals surface area contributed by atoms with Crippen molar-refractivity contribution < 1.29 is 0 Å². The Hall–Kier alpha value is -0.681. The molecule has 0 heterocycles. The van der Waals surface area contributed by atoms with Crippen LogP contribution in [0.4, 0.5) is 5.69 Å². The number of nitrogens with zero attached hydrogens (tertiary/aromatic N) is 1. The van der Waals surface area contributed by atoms with Crippen LogP contribution in [0.2, 0.25) is 0 Å². The fourth-order valence-corrected chi connectivity index (χ4v) is 0.776. The molecule has 9 heavy (non-hydrogen) atoms. The van der Waals surface area contributed by atoms with Crippen LogP contribution < -0.4 is 0 Å². The van der Waals surface area contributed by atoms with Crippen LogP contribution in [-0.2, 0) is 0 Å². The van der Waals surface area contributed by atoms with Gasteiger partial charge in [0.2, 0.25) is 0 Å². The molecule has 0 aliphatic heterocycles. The van der Waals surface area contributed by atoms with Crippen molar-refractivity contribution in [3.63, 3.8) is 0 Å². The first-order chi connectivity index (χ1) is 4.43. The van der Waals surface area contributed by atoms with E-state index in [1.165, 1.54) is 0 Å². The van der Waals surface area contributed by atoms with E-state index in [1.54, 1.807) is 0 Å². The molecule has 1 nitrogen and oxygen atoms in total.